The van der Waals surface area contributed by atoms with Crippen molar-refractivity contribution < 1.29 is 14.3 Å². The van der Waals surface area contributed by atoms with E-state index < -0.39 is 17.2 Å². The highest BCUT2D eigenvalue weighted by Crippen LogP contribution is 2.39. The van der Waals surface area contributed by atoms with Crippen LogP contribution in [-0.4, -0.2) is 52.8 Å². The van der Waals surface area contributed by atoms with Crippen LogP contribution in [0.2, 0.25) is 0 Å². The van der Waals surface area contributed by atoms with Crippen molar-refractivity contribution in [1.29, 1.82) is 0 Å². The van der Waals surface area contributed by atoms with Crippen molar-refractivity contribution in [3.63, 3.8) is 0 Å². The van der Waals surface area contributed by atoms with E-state index >= 15 is 4.39 Å². The lowest BCUT2D eigenvalue weighted by atomic mass is 10.1. The molecule has 1 N–H and O–H groups in total. The number of carboxylic acid groups (broad SMARTS) is 1. The Hall–Kier alpha value is -2.41. The summed E-state index contributed by atoms with van der Waals surface area (Å²) in [5.74, 6) is -1.72. The van der Waals surface area contributed by atoms with Gasteiger partial charge >= 0.3 is 5.97 Å². The maximum Gasteiger partial charge on any atom is 0.341 e. The van der Waals surface area contributed by atoms with Gasteiger partial charge in [-0.25, -0.2) is 9.18 Å². The van der Waals surface area contributed by atoms with Crippen molar-refractivity contribution in [3.8, 4) is 0 Å². The number of hydrogen-bond donors (Lipinski definition) is 1. The van der Waals surface area contributed by atoms with Gasteiger partial charge in [0, 0.05) is 42.8 Å². The molecule has 0 spiro atoms. The first kappa shape index (κ1) is 17.7. The molecule has 1 aromatic carbocycles. The summed E-state index contributed by atoms with van der Waals surface area (Å²) < 4.78 is 16.9. The molecule has 1 aliphatic carbocycles. The smallest absolute Gasteiger partial charge is 0.341 e. The van der Waals surface area contributed by atoms with Gasteiger partial charge in [-0.1, -0.05) is 0 Å². The second-order valence-electron chi connectivity index (χ2n) is 8.42. The monoisotopic (exact) mass is 385 g/mol. The zero-order valence-electron chi connectivity index (χ0n) is 15.9. The van der Waals surface area contributed by atoms with Gasteiger partial charge in [0.2, 0.25) is 5.43 Å². The van der Waals surface area contributed by atoms with E-state index in [1.807, 2.05) is 4.57 Å². The van der Waals surface area contributed by atoms with E-state index in [4.69, 9.17) is 0 Å². The van der Waals surface area contributed by atoms with Gasteiger partial charge in [0.15, 0.2) is 0 Å². The fourth-order valence-corrected chi connectivity index (χ4v) is 4.94. The van der Waals surface area contributed by atoms with Crippen LogP contribution in [-0.2, 0) is 0 Å². The van der Waals surface area contributed by atoms with E-state index in [2.05, 4.69) is 16.8 Å². The lowest BCUT2D eigenvalue weighted by Gasteiger charge is -2.28. The Morgan fingerprint density at radius 3 is 2.54 bits per heavy atom. The molecule has 2 aliphatic heterocycles. The molecule has 28 heavy (non-hydrogen) atoms. The van der Waals surface area contributed by atoms with Crippen molar-refractivity contribution in [1.82, 2.24) is 9.47 Å². The van der Waals surface area contributed by atoms with Crippen LogP contribution in [0.5, 0.6) is 0 Å². The highest BCUT2D eigenvalue weighted by molar-refractivity contribution is 5.93. The molecule has 0 radical (unpaired) electrons. The van der Waals surface area contributed by atoms with Gasteiger partial charge in [-0.2, -0.15) is 0 Å². The third-order valence-corrected chi connectivity index (χ3v) is 6.76. The van der Waals surface area contributed by atoms with Gasteiger partial charge in [-0.3, -0.25) is 9.69 Å². The quantitative estimate of drug-likeness (QED) is 0.880. The number of fused-ring (bicyclic) bond motifs is 3. The van der Waals surface area contributed by atoms with Gasteiger partial charge in [0.25, 0.3) is 0 Å². The predicted molar refractivity (Wildman–Crippen MR) is 105 cm³/mol. The maximum absolute atomic E-state index is 15.1. The third kappa shape index (κ3) is 2.71. The molecule has 0 amide bonds. The summed E-state index contributed by atoms with van der Waals surface area (Å²) in [4.78, 5) is 28.6. The lowest BCUT2D eigenvalue weighted by Crippen LogP contribution is -2.37. The average molecular weight is 385 g/mol. The molecule has 1 aromatic heterocycles. The highest BCUT2D eigenvalue weighted by atomic mass is 19.1. The lowest BCUT2D eigenvalue weighted by molar-refractivity contribution is 0.0695. The highest BCUT2D eigenvalue weighted by Gasteiger charge is 2.35. The first-order valence-corrected chi connectivity index (χ1v) is 10.0. The standard InChI is InChI=1S/C21H24FN3O3/c1-23-12-2-5-14(23)10-24(7-6-12)19-9-18-15(8-17(19)22)20(26)16(21(27)28)11-25(18)13-3-4-13/h8-9,11-14H,2-7,10H2,1H3,(H,27,28)/t12-,14?/m1/s1. The zero-order chi connectivity index (χ0) is 19.6. The minimum atomic E-state index is -1.27. The summed E-state index contributed by atoms with van der Waals surface area (Å²) in [5, 5.41) is 9.53. The summed E-state index contributed by atoms with van der Waals surface area (Å²) in [7, 11) is 2.15. The van der Waals surface area contributed by atoms with Crippen LogP contribution in [0.15, 0.2) is 23.1 Å². The Morgan fingerprint density at radius 1 is 1.11 bits per heavy atom. The van der Waals surface area contributed by atoms with Crippen LogP contribution in [0, 0.1) is 5.82 Å². The van der Waals surface area contributed by atoms with E-state index in [1.165, 1.54) is 18.7 Å². The van der Waals surface area contributed by atoms with Gasteiger partial charge < -0.3 is 14.6 Å². The molecule has 2 bridgehead atoms. The second-order valence-corrected chi connectivity index (χ2v) is 8.42. The van der Waals surface area contributed by atoms with E-state index in [1.54, 1.807) is 6.07 Å². The Balaban J connectivity index is 1.64. The van der Waals surface area contributed by atoms with Crippen molar-refractivity contribution in [2.45, 2.75) is 50.2 Å². The first-order valence-electron chi connectivity index (χ1n) is 10.0. The fraction of sp³-hybridized carbons (Fsp3) is 0.524. The minimum absolute atomic E-state index is 0.154. The molecule has 2 saturated heterocycles. The van der Waals surface area contributed by atoms with Crippen LogP contribution in [0.3, 0.4) is 0 Å². The van der Waals surface area contributed by atoms with Crippen LogP contribution < -0.4 is 10.3 Å². The Kier molecular flexibility index (Phi) is 3.98. The van der Waals surface area contributed by atoms with Crippen LogP contribution in [0.4, 0.5) is 10.1 Å². The largest absolute Gasteiger partial charge is 0.477 e. The maximum atomic E-state index is 15.1. The minimum Gasteiger partial charge on any atom is -0.477 e. The molecule has 1 unspecified atom stereocenters. The van der Waals surface area contributed by atoms with Gasteiger partial charge in [-0.15, -0.1) is 0 Å². The molecule has 148 valence electrons. The summed E-state index contributed by atoms with van der Waals surface area (Å²) in [6.45, 7) is 1.56. The van der Waals surface area contributed by atoms with E-state index in [0.29, 0.717) is 23.3 Å². The SMILES string of the molecule is CN1C2CC[C@@H]1CCN(c1cc3c(cc1F)c(=O)c(C(=O)O)cn3C1CC1)C2. The molecule has 2 atom stereocenters. The van der Waals surface area contributed by atoms with Crippen molar-refractivity contribution in [2.75, 3.05) is 25.0 Å². The van der Waals surface area contributed by atoms with Crippen LogP contribution in [0.1, 0.15) is 48.5 Å². The number of benzene rings is 1. The fourth-order valence-electron chi connectivity index (χ4n) is 4.94. The van der Waals surface area contributed by atoms with Gasteiger partial charge in [0.1, 0.15) is 11.4 Å². The van der Waals surface area contributed by atoms with E-state index in [9.17, 15) is 14.7 Å². The number of rotatable bonds is 3. The molecule has 5 rings (SSSR count). The molecule has 1 saturated carbocycles. The zero-order valence-corrected chi connectivity index (χ0v) is 15.9. The number of hydrogen-bond acceptors (Lipinski definition) is 4. The molecule has 2 aromatic rings. The molecule has 7 heteroatoms. The average Bonchev–Trinajstić information content (AvgIpc) is 3.43. The molecule has 3 fully saturated rings. The molecular formula is C21H24FN3O3. The van der Waals surface area contributed by atoms with Crippen LogP contribution in [0.25, 0.3) is 10.9 Å². The molecule has 6 nitrogen and oxygen atoms in total. The van der Waals surface area contributed by atoms with E-state index in [0.717, 1.165) is 38.8 Å². The molecule has 3 heterocycles. The number of pyridine rings is 1. The normalized spacial score (nSPS) is 25.3. The summed E-state index contributed by atoms with van der Waals surface area (Å²) in [6.07, 6.45) is 6.66. The summed E-state index contributed by atoms with van der Waals surface area (Å²) >= 11 is 0. The van der Waals surface area contributed by atoms with Crippen LogP contribution >= 0.6 is 0 Å². The van der Waals surface area contributed by atoms with Crippen molar-refractivity contribution in [3.05, 3.63) is 39.9 Å². The van der Waals surface area contributed by atoms with Gasteiger partial charge in [-0.05, 0) is 51.3 Å². The number of carbonyl (C=O) groups is 1. The number of anilines is 1. The Morgan fingerprint density at radius 2 is 1.82 bits per heavy atom. The molecular weight excluding hydrogens is 361 g/mol. The summed E-state index contributed by atoms with van der Waals surface area (Å²) in [5.41, 5.74) is 0.252. The Bertz CT molecular complexity index is 1030. The summed E-state index contributed by atoms with van der Waals surface area (Å²) in [6, 6.07) is 4.16. The Labute approximate surface area is 162 Å². The number of likely N-dealkylation sites (N-methyl/N-ethyl adjacent to an activating group) is 1. The van der Waals surface area contributed by atoms with Gasteiger partial charge in [0.05, 0.1) is 11.2 Å². The van der Waals surface area contributed by atoms with Crippen molar-refractivity contribution >= 4 is 22.6 Å². The number of carboxylic acids is 1. The topological polar surface area (TPSA) is 65.8 Å². The predicted octanol–water partition coefficient (Wildman–Crippen LogP) is 2.85. The number of aromatic carboxylic acids is 1. The number of aromatic nitrogens is 1. The number of nitrogens with zero attached hydrogens (tertiary/aromatic N) is 3. The number of halogens is 1. The third-order valence-electron chi connectivity index (χ3n) is 6.76. The first-order chi connectivity index (χ1) is 13.4. The molecule has 3 aliphatic rings. The second kappa shape index (κ2) is 6.30. The van der Waals surface area contributed by atoms with E-state index in [-0.39, 0.29) is 17.0 Å². The van der Waals surface area contributed by atoms with Crippen molar-refractivity contribution in [2.24, 2.45) is 0 Å².